The van der Waals surface area contributed by atoms with Crippen LogP contribution >= 0.6 is 23.2 Å². The van der Waals surface area contributed by atoms with Crippen LogP contribution in [0.1, 0.15) is 22.8 Å². The van der Waals surface area contributed by atoms with Crippen molar-refractivity contribution in [2.24, 2.45) is 0 Å². The maximum absolute atomic E-state index is 12.9. The van der Waals surface area contributed by atoms with Crippen LogP contribution in [-0.4, -0.2) is 34.8 Å². The number of carbonyl (C=O) groups is 2. The quantitative estimate of drug-likeness (QED) is 0.512. The van der Waals surface area contributed by atoms with Crippen LogP contribution in [0.5, 0.6) is 5.88 Å². The molecule has 3 rings (SSSR count). The molecule has 0 saturated carbocycles. The average molecular weight is 458 g/mol. The number of para-hydroxylation sites is 1. The molecule has 1 heterocycles. The number of carbonyl (C=O) groups excluding carboxylic acids is 2. The van der Waals surface area contributed by atoms with Gasteiger partial charge >= 0.3 is 0 Å². The molecule has 6 nitrogen and oxygen atoms in total. The van der Waals surface area contributed by atoms with Crippen molar-refractivity contribution in [2.45, 2.75) is 13.5 Å². The van der Waals surface area contributed by atoms with Gasteiger partial charge in [0, 0.05) is 24.4 Å². The smallest absolute Gasteiger partial charge is 0.254 e. The molecule has 0 radical (unpaired) electrons. The Morgan fingerprint density at radius 1 is 1.03 bits per heavy atom. The van der Waals surface area contributed by atoms with Gasteiger partial charge in [-0.15, -0.1) is 0 Å². The number of rotatable bonds is 8. The van der Waals surface area contributed by atoms with Crippen LogP contribution in [0.2, 0.25) is 10.0 Å². The number of anilines is 1. The summed E-state index contributed by atoms with van der Waals surface area (Å²) in [6.07, 6.45) is 1.50. The van der Waals surface area contributed by atoms with Gasteiger partial charge in [0.15, 0.2) is 0 Å². The minimum atomic E-state index is -0.403. The monoisotopic (exact) mass is 457 g/mol. The number of nitrogens with one attached hydrogen (secondary N) is 1. The van der Waals surface area contributed by atoms with E-state index in [1.54, 1.807) is 37.3 Å². The molecule has 2 aromatic carbocycles. The molecule has 0 unspecified atom stereocenters. The molecule has 0 spiro atoms. The van der Waals surface area contributed by atoms with Gasteiger partial charge in [0.2, 0.25) is 11.8 Å². The molecule has 31 heavy (non-hydrogen) atoms. The predicted octanol–water partition coefficient (Wildman–Crippen LogP) is 5.07. The lowest BCUT2D eigenvalue weighted by molar-refractivity contribution is -0.116. The summed E-state index contributed by atoms with van der Waals surface area (Å²) in [5, 5.41) is 3.31. The van der Waals surface area contributed by atoms with E-state index in [1.807, 2.05) is 30.3 Å². The van der Waals surface area contributed by atoms with E-state index in [0.29, 0.717) is 40.3 Å². The van der Waals surface area contributed by atoms with Crippen LogP contribution in [-0.2, 0) is 11.4 Å². The maximum Gasteiger partial charge on any atom is 0.254 e. The second-order valence-corrected chi connectivity index (χ2v) is 7.44. The maximum atomic E-state index is 12.9. The summed E-state index contributed by atoms with van der Waals surface area (Å²) in [6.45, 7) is 2.32. The Morgan fingerprint density at radius 2 is 1.74 bits per heavy atom. The van der Waals surface area contributed by atoms with Crippen molar-refractivity contribution in [2.75, 3.05) is 18.4 Å². The van der Waals surface area contributed by atoms with Gasteiger partial charge < -0.3 is 15.0 Å². The van der Waals surface area contributed by atoms with Crippen LogP contribution < -0.4 is 10.1 Å². The number of halogens is 2. The van der Waals surface area contributed by atoms with Crippen molar-refractivity contribution < 1.29 is 14.3 Å². The van der Waals surface area contributed by atoms with Gasteiger partial charge in [-0.25, -0.2) is 4.98 Å². The molecule has 1 aromatic heterocycles. The molecular formula is C23H21Cl2N3O3. The van der Waals surface area contributed by atoms with Gasteiger partial charge in [-0.1, -0.05) is 59.6 Å². The Morgan fingerprint density at radius 3 is 2.42 bits per heavy atom. The summed E-state index contributed by atoms with van der Waals surface area (Å²) in [5.41, 5.74) is 1.69. The number of hydrogen-bond acceptors (Lipinski definition) is 4. The van der Waals surface area contributed by atoms with Gasteiger partial charge in [0.05, 0.1) is 15.7 Å². The van der Waals surface area contributed by atoms with E-state index >= 15 is 0 Å². The Labute approximate surface area is 190 Å². The van der Waals surface area contributed by atoms with Gasteiger partial charge in [0.1, 0.15) is 13.2 Å². The molecule has 3 aromatic rings. The van der Waals surface area contributed by atoms with E-state index in [-0.39, 0.29) is 12.5 Å². The lowest BCUT2D eigenvalue weighted by Gasteiger charge is -2.21. The van der Waals surface area contributed by atoms with Crippen molar-refractivity contribution in [3.63, 3.8) is 0 Å². The van der Waals surface area contributed by atoms with E-state index in [1.165, 1.54) is 11.1 Å². The number of pyridine rings is 1. The highest BCUT2D eigenvalue weighted by atomic mass is 35.5. The summed E-state index contributed by atoms with van der Waals surface area (Å²) in [7, 11) is 0. The van der Waals surface area contributed by atoms with Gasteiger partial charge in [-0.3, -0.25) is 9.59 Å². The number of likely N-dealkylation sites (N-methyl/N-ethyl adjacent to an activating group) is 1. The SMILES string of the molecule is CCN(CC(=O)Nc1c(Cl)cccc1Cl)C(=O)c1ccnc(OCc2ccccc2)c1. The lowest BCUT2D eigenvalue weighted by atomic mass is 10.2. The minimum Gasteiger partial charge on any atom is -0.473 e. The fraction of sp³-hybridized carbons (Fsp3) is 0.174. The van der Waals surface area contributed by atoms with E-state index in [0.717, 1.165) is 5.56 Å². The number of nitrogens with zero attached hydrogens (tertiary/aromatic N) is 2. The van der Waals surface area contributed by atoms with Gasteiger partial charge in [-0.05, 0) is 30.7 Å². The third kappa shape index (κ3) is 6.20. The standard InChI is InChI=1S/C23H21Cl2N3O3/c1-2-28(14-20(29)27-22-18(24)9-6-10-19(22)25)23(30)17-11-12-26-21(13-17)31-15-16-7-4-3-5-8-16/h3-13H,2,14-15H2,1H3,(H,27,29). The number of ether oxygens (including phenoxy) is 1. The van der Waals surface area contributed by atoms with Crippen molar-refractivity contribution in [1.82, 2.24) is 9.88 Å². The van der Waals surface area contributed by atoms with Crippen molar-refractivity contribution in [3.05, 3.63) is 88.0 Å². The van der Waals surface area contributed by atoms with Crippen LogP contribution in [0.15, 0.2) is 66.9 Å². The Kier molecular flexibility index (Phi) is 7.87. The molecule has 8 heteroatoms. The Balaban J connectivity index is 1.65. The first-order chi connectivity index (χ1) is 15.0. The molecule has 0 aliphatic rings. The largest absolute Gasteiger partial charge is 0.473 e. The van der Waals surface area contributed by atoms with Crippen molar-refractivity contribution >= 4 is 40.7 Å². The molecule has 160 valence electrons. The third-order valence-corrected chi connectivity index (χ3v) is 5.07. The highest BCUT2D eigenvalue weighted by Gasteiger charge is 2.19. The topological polar surface area (TPSA) is 71.5 Å². The second kappa shape index (κ2) is 10.8. The highest BCUT2D eigenvalue weighted by molar-refractivity contribution is 6.39. The summed E-state index contributed by atoms with van der Waals surface area (Å²) in [5.74, 6) is -0.382. The lowest BCUT2D eigenvalue weighted by Crippen LogP contribution is -2.38. The molecule has 0 atom stereocenters. The van der Waals surface area contributed by atoms with E-state index < -0.39 is 5.91 Å². The normalized spacial score (nSPS) is 10.4. The number of hydrogen-bond donors (Lipinski definition) is 1. The zero-order valence-corrected chi connectivity index (χ0v) is 18.4. The molecule has 0 aliphatic heterocycles. The number of aromatic nitrogens is 1. The predicted molar refractivity (Wildman–Crippen MR) is 122 cm³/mol. The summed E-state index contributed by atoms with van der Waals surface area (Å²) < 4.78 is 5.69. The van der Waals surface area contributed by atoms with E-state index in [4.69, 9.17) is 27.9 Å². The molecule has 1 N–H and O–H groups in total. The Bertz CT molecular complexity index is 1040. The van der Waals surface area contributed by atoms with Gasteiger partial charge in [-0.2, -0.15) is 0 Å². The zero-order valence-electron chi connectivity index (χ0n) is 16.8. The van der Waals surface area contributed by atoms with Crippen molar-refractivity contribution in [3.8, 4) is 5.88 Å². The first-order valence-electron chi connectivity index (χ1n) is 9.64. The first-order valence-corrected chi connectivity index (χ1v) is 10.4. The fourth-order valence-electron chi connectivity index (χ4n) is 2.83. The number of benzene rings is 2. The highest BCUT2D eigenvalue weighted by Crippen LogP contribution is 2.29. The third-order valence-electron chi connectivity index (χ3n) is 4.44. The molecule has 0 aliphatic carbocycles. The van der Waals surface area contributed by atoms with E-state index in [2.05, 4.69) is 10.3 Å². The fourth-order valence-corrected chi connectivity index (χ4v) is 3.32. The molecule has 2 amide bonds. The van der Waals surface area contributed by atoms with Gasteiger partial charge in [0.25, 0.3) is 5.91 Å². The summed E-state index contributed by atoms with van der Waals surface area (Å²) in [4.78, 5) is 31.0. The number of amides is 2. The van der Waals surface area contributed by atoms with Crippen LogP contribution in [0, 0.1) is 0 Å². The van der Waals surface area contributed by atoms with Crippen LogP contribution in [0.3, 0.4) is 0 Å². The molecule has 0 fully saturated rings. The minimum absolute atomic E-state index is 0.153. The summed E-state index contributed by atoms with van der Waals surface area (Å²) >= 11 is 12.2. The molecule has 0 saturated heterocycles. The first kappa shape index (κ1) is 22.6. The molecule has 0 bridgehead atoms. The van der Waals surface area contributed by atoms with Crippen LogP contribution in [0.4, 0.5) is 5.69 Å². The zero-order chi connectivity index (χ0) is 22.2. The Hall–Kier alpha value is -3.09. The van der Waals surface area contributed by atoms with Crippen molar-refractivity contribution in [1.29, 1.82) is 0 Å². The second-order valence-electron chi connectivity index (χ2n) is 6.62. The summed E-state index contributed by atoms with van der Waals surface area (Å²) in [6, 6.07) is 17.7. The average Bonchev–Trinajstić information content (AvgIpc) is 2.79. The molecular weight excluding hydrogens is 437 g/mol. The van der Waals surface area contributed by atoms with Crippen LogP contribution in [0.25, 0.3) is 0 Å². The van der Waals surface area contributed by atoms with E-state index in [9.17, 15) is 9.59 Å².